The number of hydrogen-bond acceptors (Lipinski definition) is 3. The molecule has 0 radical (unpaired) electrons. The molecule has 3 heteroatoms. The van der Waals surface area contributed by atoms with Gasteiger partial charge in [0.05, 0.1) is 6.10 Å². The zero-order valence-corrected chi connectivity index (χ0v) is 6.97. The smallest absolute Gasteiger partial charge is 0.0669 e. The van der Waals surface area contributed by atoms with E-state index in [1.807, 2.05) is 0 Å². The largest absolute Gasteiger partial charge is 0.392 e. The van der Waals surface area contributed by atoms with Gasteiger partial charge in [-0.15, -0.1) is 11.3 Å². The first-order valence-electron chi connectivity index (χ1n) is 3.77. The lowest BCUT2D eigenvalue weighted by Crippen LogP contribution is -2.21. The molecule has 3 N–H and O–H groups in total. The fourth-order valence-electron chi connectivity index (χ4n) is 1.67. The van der Waals surface area contributed by atoms with Crippen molar-refractivity contribution in [1.29, 1.82) is 0 Å². The summed E-state index contributed by atoms with van der Waals surface area (Å²) in [4.78, 5) is 1.31. The van der Waals surface area contributed by atoms with Crippen LogP contribution in [0.5, 0.6) is 0 Å². The highest BCUT2D eigenvalue weighted by Crippen LogP contribution is 2.35. The van der Waals surface area contributed by atoms with Crippen LogP contribution in [0.4, 0.5) is 0 Å². The van der Waals surface area contributed by atoms with E-state index in [0.717, 1.165) is 6.42 Å². The van der Waals surface area contributed by atoms with E-state index in [9.17, 15) is 5.11 Å². The molecule has 2 rings (SSSR count). The van der Waals surface area contributed by atoms with Crippen LogP contribution in [-0.4, -0.2) is 17.8 Å². The van der Waals surface area contributed by atoms with Gasteiger partial charge in [-0.1, -0.05) is 0 Å². The molecular weight excluding hydrogens is 158 g/mol. The van der Waals surface area contributed by atoms with Gasteiger partial charge < -0.3 is 10.8 Å². The van der Waals surface area contributed by atoms with E-state index in [1.54, 1.807) is 11.3 Å². The lowest BCUT2D eigenvalue weighted by Gasteiger charge is -2.11. The Balaban J connectivity index is 2.35. The topological polar surface area (TPSA) is 46.2 Å². The van der Waals surface area contributed by atoms with Gasteiger partial charge in [-0.3, -0.25) is 0 Å². The van der Waals surface area contributed by atoms with Gasteiger partial charge in [-0.2, -0.15) is 0 Å². The molecule has 2 atom stereocenters. The summed E-state index contributed by atoms with van der Waals surface area (Å²) in [6.07, 6.45) is 0.567. The molecule has 0 saturated heterocycles. The fourth-order valence-corrected chi connectivity index (χ4v) is 2.67. The Morgan fingerprint density at radius 1 is 1.73 bits per heavy atom. The number of aliphatic hydroxyl groups is 1. The van der Waals surface area contributed by atoms with Crippen LogP contribution in [0.1, 0.15) is 16.4 Å². The molecule has 2 unspecified atom stereocenters. The quantitative estimate of drug-likeness (QED) is 0.650. The highest BCUT2D eigenvalue weighted by atomic mass is 32.1. The maximum absolute atomic E-state index is 9.53. The Morgan fingerprint density at radius 3 is 3.27 bits per heavy atom. The summed E-state index contributed by atoms with van der Waals surface area (Å²) < 4.78 is 0. The van der Waals surface area contributed by atoms with Crippen molar-refractivity contribution in [2.45, 2.75) is 18.4 Å². The summed E-state index contributed by atoms with van der Waals surface area (Å²) in [7, 11) is 0. The average Bonchev–Trinajstić information content (AvgIpc) is 2.46. The van der Waals surface area contributed by atoms with Crippen molar-refractivity contribution in [2.75, 3.05) is 6.54 Å². The van der Waals surface area contributed by atoms with Crippen molar-refractivity contribution in [3.8, 4) is 0 Å². The Hall–Kier alpha value is -0.380. The molecule has 0 fully saturated rings. The summed E-state index contributed by atoms with van der Waals surface area (Å²) in [6.45, 7) is 0.560. The second kappa shape index (κ2) is 2.59. The third kappa shape index (κ3) is 1.00. The second-order valence-electron chi connectivity index (χ2n) is 2.91. The molecule has 1 aliphatic carbocycles. The van der Waals surface area contributed by atoms with E-state index in [-0.39, 0.29) is 12.0 Å². The minimum atomic E-state index is -0.234. The molecule has 0 saturated carbocycles. The molecule has 1 aromatic heterocycles. The molecule has 11 heavy (non-hydrogen) atoms. The van der Waals surface area contributed by atoms with Crippen molar-refractivity contribution in [3.63, 3.8) is 0 Å². The number of aliphatic hydroxyl groups excluding tert-OH is 1. The minimum Gasteiger partial charge on any atom is -0.392 e. The Kier molecular flexibility index (Phi) is 1.71. The third-order valence-corrected chi connectivity index (χ3v) is 3.25. The Morgan fingerprint density at radius 2 is 2.55 bits per heavy atom. The lowest BCUT2D eigenvalue weighted by atomic mass is 10.0. The minimum absolute atomic E-state index is 0.191. The molecule has 0 bridgehead atoms. The monoisotopic (exact) mass is 169 g/mol. The molecule has 1 aromatic rings. The van der Waals surface area contributed by atoms with Crippen molar-refractivity contribution in [1.82, 2.24) is 0 Å². The van der Waals surface area contributed by atoms with E-state index in [2.05, 4.69) is 11.4 Å². The van der Waals surface area contributed by atoms with Crippen LogP contribution < -0.4 is 5.73 Å². The highest BCUT2D eigenvalue weighted by molar-refractivity contribution is 7.10. The second-order valence-corrected chi connectivity index (χ2v) is 3.91. The van der Waals surface area contributed by atoms with Gasteiger partial charge in [0.2, 0.25) is 0 Å². The molecule has 60 valence electrons. The molecule has 1 aliphatic rings. The summed E-state index contributed by atoms with van der Waals surface area (Å²) in [5.41, 5.74) is 6.81. The van der Waals surface area contributed by atoms with Crippen molar-refractivity contribution in [2.24, 2.45) is 5.73 Å². The van der Waals surface area contributed by atoms with Crippen molar-refractivity contribution >= 4 is 11.3 Å². The Labute approximate surface area is 69.7 Å². The summed E-state index contributed by atoms with van der Waals surface area (Å²) in [5, 5.41) is 11.6. The van der Waals surface area contributed by atoms with Crippen molar-refractivity contribution in [3.05, 3.63) is 21.9 Å². The van der Waals surface area contributed by atoms with E-state index in [1.165, 1.54) is 10.4 Å². The number of rotatable bonds is 1. The van der Waals surface area contributed by atoms with Gasteiger partial charge in [0.1, 0.15) is 0 Å². The molecule has 1 heterocycles. The predicted octanol–water partition coefficient (Wildman–Crippen LogP) is 0.707. The van der Waals surface area contributed by atoms with E-state index in [0.29, 0.717) is 6.54 Å². The fraction of sp³-hybridized carbons (Fsp3) is 0.500. The van der Waals surface area contributed by atoms with Gasteiger partial charge in [0.15, 0.2) is 0 Å². The van der Waals surface area contributed by atoms with Crippen LogP contribution >= 0.6 is 11.3 Å². The maximum atomic E-state index is 9.53. The SMILES string of the molecule is NCC1c2ccsc2CC1O. The number of thiophene rings is 1. The summed E-state index contributed by atoms with van der Waals surface area (Å²) in [6, 6.07) is 2.08. The van der Waals surface area contributed by atoms with E-state index < -0.39 is 0 Å². The zero-order valence-electron chi connectivity index (χ0n) is 6.16. The number of nitrogens with two attached hydrogens (primary N) is 1. The van der Waals surface area contributed by atoms with Gasteiger partial charge in [0, 0.05) is 23.8 Å². The first-order chi connectivity index (χ1) is 5.33. The molecular formula is C8H11NOS. The van der Waals surface area contributed by atoms with Crippen LogP contribution in [0, 0.1) is 0 Å². The Bertz CT molecular complexity index is 258. The van der Waals surface area contributed by atoms with Crippen LogP contribution in [-0.2, 0) is 6.42 Å². The van der Waals surface area contributed by atoms with E-state index in [4.69, 9.17) is 5.73 Å². The number of fused-ring (bicyclic) bond motifs is 1. The first kappa shape index (κ1) is 7.28. The van der Waals surface area contributed by atoms with E-state index >= 15 is 0 Å². The standard InChI is InChI=1S/C8H11NOS/c9-4-6-5-1-2-11-8(5)3-7(6)10/h1-2,6-7,10H,3-4,9H2. The normalized spacial score (nSPS) is 28.9. The molecule has 0 aromatic carbocycles. The summed E-state index contributed by atoms with van der Waals surface area (Å²) in [5.74, 6) is 0.191. The summed E-state index contributed by atoms with van der Waals surface area (Å²) >= 11 is 1.72. The first-order valence-corrected chi connectivity index (χ1v) is 4.65. The maximum Gasteiger partial charge on any atom is 0.0669 e. The average molecular weight is 169 g/mol. The van der Waals surface area contributed by atoms with Crippen LogP contribution in [0.3, 0.4) is 0 Å². The van der Waals surface area contributed by atoms with Gasteiger partial charge in [-0.05, 0) is 17.0 Å². The van der Waals surface area contributed by atoms with Gasteiger partial charge in [-0.25, -0.2) is 0 Å². The highest BCUT2D eigenvalue weighted by Gasteiger charge is 2.30. The molecule has 0 spiro atoms. The van der Waals surface area contributed by atoms with Crippen LogP contribution in [0.2, 0.25) is 0 Å². The molecule has 2 nitrogen and oxygen atoms in total. The predicted molar refractivity (Wildman–Crippen MR) is 45.8 cm³/mol. The lowest BCUT2D eigenvalue weighted by molar-refractivity contribution is 0.159. The third-order valence-electron chi connectivity index (χ3n) is 2.29. The number of hydrogen-bond donors (Lipinski definition) is 2. The molecule has 0 amide bonds. The van der Waals surface area contributed by atoms with Crippen molar-refractivity contribution < 1.29 is 5.11 Å². The van der Waals surface area contributed by atoms with Gasteiger partial charge in [0.25, 0.3) is 0 Å². The van der Waals surface area contributed by atoms with Crippen LogP contribution in [0.25, 0.3) is 0 Å². The zero-order chi connectivity index (χ0) is 7.84. The molecule has 0 aliphatic heterocycles. The van der Waals surface area contributed by atoms with Gasteiger partial charge >= 0.3 is 0 Å². The van der Waals surface area contributed by atoms with Crippen LogP contribution in [0.15, 0.2) is 11.4 Å².